The molecule has 0 spiro atoms. The topological polar surface area (TPSA) is 58.2 Å². The molecule has 1 aromatic rings. The summed E-state index contributed by atoms with van der Waals surface area (Å²) in [4.78, 5) is 1.35. The minimum absolute atomic E-state index is 0.116. The highest BCUT2D eigenvalue weighted by Gasteiger charge is 2.21. The monoisotopic (exact) mass is 382 g/mol. The van der Waals surface area contributed by atoms with E-state index in [2.05, 4.69) is 46.7 Å². The number of halogens is 1. The molecular formula is C13H23BrN2O2S2. The summed E-state index contributed by atoms with van der Waals surface area (Å²) in [7, 11) is -3.43. The maximum Gasteiger partial charge on any atom is 0.242 e. The van der Waals surface area contributed by atoms with Gasteiger partial charge >= 0.3 is 0 Å². The first-order chi connectivity index (χ1) is 9.15. The maximum atomic E-state index is 12.3. The predicted molar refractivity (Wildman–Crippen MR) is 88.7 cm³/mol. The van der Waals surface area contributed by atoms with Gasteiger partial charge in [-0.1, -0.05) is 27.7 Å². The van der Waals surface area contributed by atoms with Crippen LogP contribution in [0.3, 0.4) is 0 Å². The lowest BCUT2D eigenvalue weighted by molar-refractivity contribution is 0.378. The zero-order chi connectivity index (χ0) is 15.4. The molecule has 0 aromatic carbocycles. The molecule has 0 aliphatic carbocycles. The Labute approximate surface area is 134 Å². The number of thiophene rings is 1. The van der Waals surface area contributed by atoms with E-state index in [-0.39, 0.29) is 5.41 Å². The van der Waals surface area contributed by atoms with E-state index in [0.29, 0.717) is 21.8 Å². The molecule has 1 aromatic heterocycles. The Hall–Kier alpha value is 0.0500. The van der Waals surface area contributed by atoms with E-state index in [9.17, 15) is 8.42 Å². The molecule has 116 valence electrons. The van der Waals surface area contributed by atoms with Gasteiger partial charge in [0.2, 0.25) is 10.0 Å². The lowest BCUT2D eigenvalue weighted by Gasteiger charge is -2.17. The number of rotatable bonds is 7. The molecule has 2 N–H and O–H groups in total. The molecule has 0 aliphatic rings. The van der Waals surface area contributed by atoms with Crippen molar-refractivity contribution in [2.24, 2.45) is 5.41 Å². The third-order valence-electron chi connectivity index (χ3n) is 2.71. The molecule has 0 saturated heterocycles. The summed E-state index contributed by atoms with van der Waals surface area (Å²) in [6.07, 6.45) is 0.804. The number of hydrogen-bond donors (Lipinski definition) is 2. The van der Waals surface area contributed by atoms with Crippen molar-refractivity contribution >= 4 is 37.3 Å². The van der Waals surface area contributed by atoms with E-state index in [1.165, 1.54) is 11.3 Å². The molecule has 0 fully saturated rings. The number of hydrogen-bond acceptors (Lipinski definition) is 4. The Morgan fingerprint density at radius 3 is 2.55 bits per heavy atom. The fourth-order valence-electron chi connectivity index (χ4n) is 1.55. The van der Waals surface area contributed by atoms with Crippen molar-refractivity contribution in [2.75, 3.05) is 13.1 Å². The highest BCUT2D eigenvalue weighted by atomic mass is 79.9. The van der Waals surface area contributed by atoms with Crippen LogP contribution in [0.25, 0.3) is 0 Å². The van der Waals surface area contributed by atoms with Crippen LogP contribution >= 0.6 is 27.3 Å². The van der Waals surface area contributed by atoms with Crippen LogP contribution in [0.1, 0.15) is 39.0 Å². The summed E-state index contributed by atoms with van der Waals surface area (Å²) in [5.74, 6) is 0. The van der Waals surface area contributed by atoms with Gasteiger partial charge in [-0.25, -0.2) is 13.1 Å². The average molecular weight is 383 g/mol. The first-order valence-corrected chi connectivity index (χ1v) is 9.73. The average Bonchev–Trinajstić information content (AvgIpc) is 2.66. The fourth-order valence-corrected chi connectivity index (χ4v) is 5.24. The largest absolute Gasteiger partial charge is 0.312 e. The van der Waals surface area contributed by atoms with Crippen LogP contribution in [-0.2, 0) is 16.6 Å². The van der Waals surface area contributed by atoms with Gasteiger partial charge in [-0.05, 0) is 40.4 Å². The fraction of sp³-hybridized carbons (Fsp3) is 0.692. The van der Waals surface area contributed by atoms with Crippen molar-refractivity contribution in [2.45, 2.75) is 45.6 Å². The maximum absolute atomic E-state index is 12.3. The van der Waals surface area contributed by atoms with Gasteiger partial charge in [0.05, 0.1) is 3.79 Å². The van der Waals surface area contributed by atoms with Gasteiger partial charge in [0.15, 0.2) is 0 Å². The van der Waals surface area contributed by atoms with Crippen molar-refractivity contribution in [3.63, 3.8) is 0 Å². The zero-order valence-electron chi connectivity index (χ0n) is 12.4. The van der Waals surface area contributed by atoms with Crippen molar-refractivity contribution in [3.8, 4) is 0 Å². The van der Waals surface area contributed by atoms with Gasteiger partial charge in [-0.3, -0.25) is 0 Å². The third-order valence-corrected chi connectivity index (χ3v) is 6.43. The Morgan fingerprint density at radius 1 is 1.35 bits per heavy atom. The van der Waals surface area contributed by atoms with E-state index in [4.69, 9.17) is 0 Å². The molecule has 0 aliphatic heterocycles. The van der Waals surface area contributed by atoms with Crippen LogP contribution in [0.15, 0.2) is 14.7 Å². The second-order valence-corrected chi connectivity index (χ2v) is 10.0. The predicted octanol–water partition coefficient (Wildman–Crippen LogP) is 3.33. The van der Waals surface area contributed by atoms with Crippen LogP contribution in [0.4, 0.5) is 0 Å². The van der Waals surface area contributed by atoms with Gasteiger partial charge < -0.3 is 5.32 Å². The second kappa shape index (κ2) is 7.35. The molecule has 1 heterocycles. The molecule has 0 amide bonds. The van der Waals surface area contributed by atoms with Gasteiger partial charge in [0.25, 0.3) is 0 Å². The highest BCUT2D eigenvalue weighted by Crippen LogP contribution is 2.31. The molecular weight excluding hydrogens is 360 g/mol. The first kappa shape index (κ1) is 18.1. The summed E-state index contributed by atoms with van der Waals surface area (Å²) < 4.78 is 27.9. The molecule has 0 unspecified atom stereocenters. The number of nitrogens with one attached hydrogen (secondary N) is 2. The van der Waals surface area contributed by atoms with E-state index < -0.39 is 10.0 Å². The molecule has 4 nitrogen and oxygen atoms in total. The SMILES string of the molecule is CCNCc1cc(S(=O)(=O)NCCC(C)(C)C)c(Br)s1. The quantitative estimate of drug-likeness (QED) is 0.759. The van der Waals surface area contributed by atoms with E-state index in [0.717, 1.165) is 17.8 Å². The zero-order valence-corrected chi connectivity index (χ0v) is 15.6. The first-order valence-electron chi connectivity index (χ1n) is 6.64. The highest BCUT2D eigenvalue weighted by molar-refractivity contribution is 9.11. The molecule has 20 heavy (non-hydrogen) atoms. The van der Waals surface area contributed by atoms with Crippen molar-refractivity contribution in [1.29, 1.82) is 0 Å². The minimum atomic E-state index is -3.43. The molecule has 7 heteroatoms. The third kappa shape index (κ3) is 5.81. The number of sulfonamides is 1. The summed E-state index contributed by atoms with van der Waals surface area (Å²) in [5.41, 5.74) is 0.116. The summed E-state index contributed by atoms with van der Waals surface area (Å²) >= 11 is 4.80. The normalized spacial score (nSPS) is 12.8. The Bertz CT molecular complexity index is 533. The van der Waals surface area contributed by atoms with Gasteiger partial charge in [-0.2, -0.15) is 0 Å². The summed E-state index contributed by atoms with van der Waals surface area (Å²) in [6, 6.07) is 1.73. The van der Waals surface area contributed by atoms with E-state index >= 15 is 0 Å². The molecule has 0 saturated carbocycles. The minimum Gasteiger partial charge on any atom is -0.312 e. The standard InChI is InChI=1S/C13H23BrN2O2S2/c1-5-15-9-10-8-11(12(14)19-10)20(17,18)16-7-6-13(2,3)4/h8,15-16H,5-7,9H2,1-4H3. The van der Waals surface area contributed by atoms with Crippen LogP contribution in [-0.4, -0.2) is 21.5 Å². The van der Waals surface area contributed by atoms with Gasteiger partial charge in [0.1, 0.15) is 4.90 Å². The Kier molecular flexibility index (Phi) is 6.66. The lowest BCUT2D eigenvalue weighted by Crippen LogP contribution is -2.27. The van der Waals surface area contributed by atoms with E-state index in [1.54, 1.807) is 6.07 Å². The van der Waals surface area contributed by atoms with Crippen LogP contribution in [0.2, 0.25) is 0 Å². The van der Waals surface area contributed by atoms with Crippen LogP contribution in [0.5, 0.6) is 0 Å². The van der Waals surface area contributed by atoms with Crippen molar-refractivity contribution in [1.82, 2.24) is 10.0 Å². The van der Waals surface area contributed by atoms with Crippen molar-refractivity contribution in [3.05, 3.63) is 14.7 Å². The molecule has 1 rings (SSSR count). The van der Waals surface area contributed by atoms with Gasteiger partial charge in [-0.15, -0.1) is 11.3 Å². The Morgan fingerprint density at radius 2 is 2.00 bits per heavy atom. The van der Waals surface area contributed by atoms with Crippen molar-refractivity contribution < 1.29 is 8.42 Å². The summed E-state index contributed by atoms with van der Waals surface area (Å²) in [5, 5.41) is 3.19. The lowest BCUT2D eigenvalue weighted by atomic mass is 9.93. The molecule has 0 atom stereocenters. The molecule has 0 bridgehead atoms. The second-order valence-electron chi connectivity index (χ2n) is 5.84. The molecule has 0 radical (unpaired) electrons. The van der Waals surface area contributed by atoms with E-state index in [1.807, 2.05) is 6.92 Å². The smallest absolute Gasteiger partial charge is 0.242 e. The van der Waals surface area contributed by atoms with Crippen LogP contribution in [0, 0.1) is 5.41 Å². The summed E-state index contributed by atoms with van der Waals surface area (Å²) in [6.45, 7) is 10.3. The van der Waals surface area contributed by atoms with Crippen LogP contribution < -0.4 is 10.0 Å². The Balaban J connectivity index is 2.74. The van der Waals surface area contributed by atoms with Gasteiger partial charge in [0, 0.05) is 18.0 Å².